The number of unbranched alkanes of at least 4 members (excludes halogenated alkanes) is 7. The number of esters is 1. The molecule has 0 aromatic rings. The SMILES string of the molecule is CCCCCCCCCCC1CNC(CC(C)C)C(=O)O1. The van der Waals surface area contributed by atoms with E-state index in [0.29, 0.717) is 5.92 Å². The van der Waals surface area contributed by atoms with Gasteiger partial charge in [0, 0.05) is 6.54 Å². The summed E-state index contributed by atoms with van der Waals surface area (Å²) in [6.45, 7) is 7.37. The topological polar surface area (TPSA) is 38.3 Å². The lowest BCUT2D eigenvalue weighted by atomic mass is 10.0. The molecule has 3 nitrogen and oxygen atoms in total. The van der Waals surface area contributed by atoms with Crippen LogP contribution in [0, 0.1) is 5.92 Å². The van der Waals surface area contributed by atoms with Crippen molar-refractivity contribution < 1.29 is 9.53 Å². The van der Waals surface area contributed by atoms with Crippen LogP contribution in [0.2, 0.25) is 0 Å². The largest absolute Gasteiger partial charge is 0.460 e. The molecular weight excluding hydrogens is 262 g/mol. The molecule has 124 valence electrons. The van der Waals surface area contributed by atoms with Crippen molar-refractivity contribution in [2.45, 2.75) is 97.1 Å². The number of cyclic esters (lactones) is 1. The van der Waals surface area contributed by atoms with Crippen LogP contribution in [0.3, 0.4) is 0 Å². The maximum atomic E-state index is 11.9. The second-order valence-corrected chi connectivity index (χ2v) is 6.91. The van der Waals surface area contributed by atoms with Gasteiger partial charge in [-0.3, -0.25) is 4.79 Å². The number of rotatable bonds is 11. The minimum Gasteiger partial charge on any atom is -0.460 e. The maximum absolute atomic E-state index is 11.9. The molecule has 0 aromatic heterocycles. The summed E-state index contributed by atoms with van der Waals surface area (Å²) in [6.07, 6.45) is 12.6. The van der Waals surface area contributed by atoms with Gasteiger partial charge in [0.15, 0.2) is 0 Å². The number of carbonyl (C=O) groups excluding carboxylic acids is 1. The molecule has 1 aliphatic rings. The highest BCUT2D eigenvalue weighted by atomic mass is 16.5. The lowest BCUT2D eigenvalue weighted by Gasteiger charge is -2.30. The molecule has 1 rings (SSSR count). The Morgan fingerprint density at radius 3 is 2.29 bits per heavy atom. The average molecular weight is 297 g/mol. The van der Waals surface area contributed by atoms with Gasteiger partial charge in [-0.05, 0) is 25.2 Å². The Hall–Kier alpha value is -0.570. The van der Waals surface area contributed by atoms with E-state index >= 15 is 0 Å². The molecule has 1 N–H and O–H groups in total. The van der Waals surface area contributed by atoms with Crippen LogP contribution in [0.25, 0.3) is 0 Å². The van der Waals surface area contributed by atoms with E-state index in [-0.39, 0.29) is 18.1 Å². The quantitative estimate of drug-likeness (QED) is 0.452. The summed E-state index contributed by atoms with van der Waals surface area (Å²) in [7, 11) is 0. The molecule has 3 heteroatoms. The van der Waals surface area contributed by atoms with Crippen molar-refractivity contribution in [1.82, 2.24) is 5.32 Å². The summed E-state index contributed by atoms with van der Waals surface area (Å²) in [5, 5.41) is 3.35. The molecule has 1 heterocycles. The summed E-state index contributed by atoms with van der Waals surface area (Å²) in [5.74, 6) is 0.485. The first-order valence-corrected chi connectivity index (χ1v) is 9.07. The molecule has 0 radical (unpaired) electrons. The van der Waals surface area contributed by atoms with Crippen LogP contribution >= 0.6 is 0 Å². The Morgan fingerprint density at radius 1 is 1.10 bits per heavy atom. The number of ether oxygens (including phenoxy) is 1. The van der Waals surface area contributed by atoms with Crippen molar-refractivity contribution >= 4 is 5.97 Å². The standard InChI is InChI=1S/C18H35NO2/c1-4-5-6-7-8-9-10-11-12-16-14-19-17(13-15(2)3)18(20)21-16/h15-17,19H,4-14H2,1-3H3. The maximum Gasteiger partial charge on any atom is 0.323 e. The van der Waals surface area contributed by atoms with Gasteiger partial charge in [-0.15, -0.1) is 0 Å². The Balaban J connectivity index is 2.01. The molecule has 1 aliphatic heterocycles. The van der Waals surface area contributed by atoms with Gasteiger partial charge in [0.2, 0.25) is 0 Å². The third kappa shape index (κ3) is 8.45. The smallest absolute Gasteiger partial charge is 0.323 e. The zero-order valence-corrected chi connectivity index (χ0v) is 14.3. The van der Waals surface area contributed by atoms with Crippen molar-refractivity contribution in [3.05, 3.63) is 0 Å². The molecule has 0 saturated carbocycles. The third-order valence-electron chi connectivity index (χ3n) is 4.25. The highest BCUT2D eigenvalue weighted by Gasteiger charge is 2.29. The Kier molecular flexibility index (Phi) is 9.73. The second kappa shape index (κ2) is 11.1. The molecule has 2 unspecified atom stereocenters. The van der Waals surface area contributed by atoms with Gasteiger partial charge in [0.25, 0.3) is 0 Å². The highest BCUT2D eigenvalue weighted by Crippen LogP contribution is 2.16. The molecule has 2 atom stereocenters. The summed E-state index contributed by atoms with van der Waals surface area (Å²) >= 11 is 0. The van der Waals surface area contributed by atoms with E-state index < -0.39 is 0 Å². The van der Waals surface area contributed by atoms with Crippen molar-refractivity contribution in [2.24, 2.45) is 5.92 Å². The monoisotopic (exact) mass is 297 g/mol. The molecule has 0 spiro atoms. The van der Waals surface area contributed by atoms with Gasteiger partial charge >= 0.3 is 5.97 Å². The van der Waals surface area contributed by atoms with Crippen molar-refractivity contribution in [3.8, 4) is 0 Å². The fraction of sp³-hybridized carbons (Fsp3) is 0.944. The molecular formula is C18H35NO2. The van der Waals surface area contributed by atoms with Gasteiger partial charge in [0.05, 0.1) is 0 Å². The molecule has 0 aliphatic carbocycles. The van der Waals surface area contributed by atoms with Gasteiger partial charge in [-0.1, -0.05) is 65.7 Å². The number of hydrogen-bond acceptors (Lipinski definition) is 3. The molecule has 1 fully saturated rings. The fourth-order valence-electron chi connectivity index (χ4n) is 2.96. The lowest BCUT2D eigenvalue weighted by Crippen LogP contribution is -2.50. The number of nitrogens with one attached hydrogen (secondary N) is 1. The van der Waals surface area contributed by atoms with Crippen molar-refractivity contribution in [1.29, 1.82) is 0 Å². The molecule has 21 heavy (non-hydrogen) atoms. The van der Waals surface area contributed by atoms with E-state index in [1.165, 1.54) is 51.4 Å². The first-order chi connectivity index (χ1) is 10.1. The van der Waals surface area contributed by atoms with E-state index in [1.807, 2.05) is 0 Å². The Morgan fingerprint density at radius 2 is 1.71 bits per heavy atom. The molecule has 0 aromatic carbocycles. The average Bonchev–Trinajstić information content (AvgIpc) is 2.44. The van der Waals surface area contributed by atoms with Gasteiger partial charge in [-0.25, -0.2) is 0 Å². The van der Waals surface area contributed by atoms with Crippen LogP contribution in [0.5, 0.6) is 0 Å². The molecule has 0 bridgehead atoms. The van der Waals surface area contributed by atoms with Gasteiger partial charge in [-0.2, -0.15) is 0 Å². The molecule has 1 saturated heterocycles. The molecule has 0 amide bonds. The van der Waals surface area contributed by atoms with E-state index in [2.05, 4.69) is 26.1 Å². The fourth-order valence-corrected chi connectivity index (χ4v) is 2.96. The van der Waals surface area contributed by atoms with Crippen LogP contribution in [-0.2, 0) is 9.53 Å². The number of carbonyl (C=O) groups is 1. The van der Waals surface area contributed by atoms with E-state index in [0.717, 1.165) is 19.4 Å². The number of morpholine rings is 1. The van der Waals surface area contributed by atoms with Crippen molar-refractivity contribution in [2.75, 3.05) is 6.54 Å². The first kappa shape index (κ1) is 18.5. The van der Waals surface area contributed by atoms with E-state index in [4.69, 9.17) is 4.74 Å². The normalized spacial score (nSPS) is 22.6. The summed E-state index contributed by atoms with van der Waals surface area (Å²) in [5.41, 5.74) is 0. The predicted octanol–water partition coefficient (Wildman–Crippen LogP) is 4.45. The third-order valence-corrected chi connectivity index (χ3v) is 4.25. The Labute approximate surface area is 131 Å². The minimum absolute atomic E-state index is 0.0421. The highest BCUT2D eigenvalue weighted by molar-refractivity contribution is 5.76. The van der Waals surface area contributed by atoms with Crippen LogP contribution in [0.1, 0.15) is 85.0 Å². The zero-order chi connectivity index (χ0) is 15.5. The van der Waals surface area contributed by atoms with E-state index in [1.54, 1.807) is 0 Å². The van der Waals surface area contributed by atoms with Crippen LogP contribution in [0.15, 0.2) is 0 Å². The van der Waals surface area contributed by atoms with Crippen LogP contribution < -0.4 is 5.32 Å². The van der Waals surface area contributed by atoms with Gasteiger partial charge in [0.1, 0.15) is 12.1 Å². The van der Waals surface area contributed by atoms with Crippen LogP contribution in [-0.4, -0.2) is 24.7 Å². The minimum atomic E-state index is -0.0835. The lowest BCUT2D eigenvalue weighted by molar-refractivity contribution is -0.157. The zero-order valence-electron chi connectivity index (χ0n) is 14.3. The first-order valence-electron chi connectivity index (χ1n) is 9.07. The summed E-state index contributed by atoms with van der Waals surface area (Å²) in [4.78, 5) is 11.9. The summed E-state index contributed by atoms with van der Waals surface area (Å²) in [6, 6.07) is -0.0835. The van der Waals surface area contributed by atoms with Crippen molar-refractivity contribution in [3.63, 3.8) is 0 Å². The van der Waals surface area contributed by atoms with Gasteiger partial charge < -0.3 is 10.1 Å². The summed E-state index contributed by atoms with van der Waals surface area (Å²) < 4.78 is 5.56. The predicted molar refractivity (Wildman–Crippen MR) is 88.4 cm³/mol. The van der Waals surface area contributed by atoms with Crippen LogP contribution in [0.4, 0.5) is 0 Å². The number of hydrogen-bond donors (Lipinski definition) is 1. The van der Waals surface area contributed by atoms with E-state index in [9.17, 15) is 4.79 Å². The Bertz CT molecular complexity index is 278. The second-order valence-electron chi connectivity index (χ2n) is 6.91.